The third-order valence-electron chi connectivity index (χ3n) is 2.81. The predicted molar refractivity (Wildman–Crippen MR) is 83.1 cm³/mol. The predicted octanol–water partition coefficient (Wildman–Crippen LogP) is 1.68. The normalized spacial score (nSPS) is 10.1. The maximum Gasteiger partial charge on any atom is 0.250 e. The highest BCUT2D eigenvalue weighted by atomic mass is 16.5. The number of carbonyl (C=O) groups is 2. The largest absolute Gasteiger partial charge is 0.362 e. The van der Waals surface area contributed by atoms with Gasteiger partial charge >= 0.3 is 0 Å². The van der Waals surface area contributed by atoms with E-state index in [1.54, 1.807) is 24.3 Å². The first-order valence-corrected chi connectivity index (χ1v) is 7.15. The smallest absolute Gasteiger partial charge is 0.250 e. The number of nitrogens with one attached hydrogen (secondary N) is 2. The van der Waals surface area contributed by atoms with Crippen molar-refractivity contribution in [3.05, 3.63) is 29.8 Å². The van der Waals surface area contributed by atoms with Gasteiger partial charge in [0.15, 0.2) is 0 Å². The molecule has 0 fully saturated rings. The Hall–Kier alpha value is -2.39. The lowest BCUT2D eigenvalue weighted by Gasteiger charge is -2.08. The number of anilines is 1. The van der Waals surface area contributed by atoms with Gasteiger partial charge in [-0.05, 0) is 36.6 Å². The summed E-state index contributed by atoms with van der Waals surface area (Å²) in [7, 11) is 0. The molecular weight excluding hydrogens is 282 g/mol. The second-order valence-electron chi connectivity index (χ2n) is 5.26. The van der Waals surface area contributed by atoms with Crippen LogP contribution in [-0.4, -0.2) is 31.6 Å². The van der Waals surface area contributed by atoms with E-state index >= 15 is 0 Å². The second-order valence-corrected chi connectivity index (χ2v) is 5.26. The molecule has 0 aliphatic heterocycles. The standard InChI is InChI=1S/C16H21N3O3/c1-12(2)7-8-18-15(20)10-22-11-16(21)19-14-5-3-13(9-17)4-6-14/h3-6,12H,7-8,10-11H2,1-2H3,(H,18,20)(H,19,21). The van der Waals surface area contributed by atoms with Crippen LogP contribution in [0.2, 0.25) is 0 Å². The van der Waals surface area contributed by atoms with Crippen molar-refractivity contribution in [2.75, 3.05) is 25.1 Å². The highest BCUT2D eigenvalue weighted by Crippen LogP contribution is 2.08. The Morgan fingerprint density at radius 3 is 2.41 bits per heavy atom. The highest BCUT2D eigenvalue weighted by Gasteiger charge is 2.06. The van der Waals surface area contributed by atoms with E-state index in [0.29, 0.717) is 23.7 Å². The molecule has 0 saturated carbocycles. The third kappa shape index (κ3) is 7.41. The van der Waals surface area contributed by atoms with E-state index in [1.165, 1.54) is 0 Å². The van der Waals surface area contributed by atoms with Crippen LogP contribution in [0.4, 0.5) is 5.69 Å². The number of hydrogen-bond acceptors (Lipinski definition) is 4. The molecular formula is C16H21N3O3. The Balaban J connectivity index is 2.20. The molecule has 118 valence electrons. The molecule has 22 heavy (non-hydrogen) atoms. The van der Waals surface area contributed by atoms with Crippen LogP contribution in [0.25, 0.3) is 0 Å². The minimum atomic E-state index is -0.348. The monoisotopic (exact) mass is 303 g/mol. The topological polar surface area (TPSA) is 91.2 Å². The Morgan fingerprint density at radius 2 is 1.82 bits per heavy atom. The van der Waals surface area contributed by atoms with Gasteiger partial charge in [0.05, 0.1) is 11.6 Å². The zero-order valence-electron chi connectivity index (χ0n) is 12.9. The van der Waals surface area contributed by atoms with Crippen LogP contribution in [0.5, 0.6) is 0 Å². The van der Waals surface area contributed by atoms with Gasteiger partial charge in [-0.1, -0.05) is 13.8 Å². The van der Waals surface area contributed by atoms with Crippen LogP contribution in [-0.2, 0) is 14.3 Å². The summed E-state index contributed by atoms with van der Waals surface area (Å²) in [5.41, 5.74) is 1.10. The number of benzene rings is 1. The molecule has 1 aromatic carbocycles. The number of hydrogen-bond donors (Lipinski definition) is 2. The summed E-state index contributed by atoms with van der Waals surface area (Å²) in [4.78, 5) is 23.1. The first-order chi connectivity index (χ1) is 10.5. The fourth-order valence-electron chi connectivity index (χ4n) is 1.61. The van der Waals surface area contributed by atoms with Gasteiger partial charge in [0.1, 0.15) is 13.2 Å². The number of ether oxygens (including phenoxy) is 1. The number of amides is 2. The van der Waals surface area contributed by atoms with E-state index in [-0.39, 0.29) is 25.0 Å². The number of rotatable bonds is 8. The van der Waals surface area contributed by atoms with Gasteiger partial charge < -0.3 is 15.4 Å². The molecule has 0 spiro atoms. The van der Waals surface area contributed by atoms with Crippen LogP contribution in [0, 0.1) is 17.2 Å². The zero-order chi connectivity index (χ0) is 16.4. The third-order valence-corrected chi connectivity index (χ3v) is 2.81. The highest BCUT2D eigenvalue weighted by molar-refractivity contribution is 5.91. The fraction of sp³-hybridized carbons (Fsp3) is 0.438. The molecule has 1 aromatic rings. The van der Waals surface area contributed by atoms with Crippen LogP contribution in [0.1, 0.15) is 25.8 Å². The molecule has 0 radical (unpaired) electrons. The maximum absolute atomic E-state index is 11.6. The van der Waals surface area contributed by atoms with Crippen molar-refractivity contribution < 1.29 is 14.3 Å². The molecule has 0 aliphatic carbocycles. The molecule has 6 heteroatoms. The molecule has 0 atom stereocenters. The molecule has 1 rings (SSSR count). The van der Waals surface area contributed by atoms with Gasteiger partial charge in [0, 0.05) is 12.2 Å². The second kappa shape index (κ2) is 9.53. The molecule has 0 saturated heterocycles. The minimum absolute atomic E-state index is 0.140. The lowest BCUT2D eigenvalue weighted by molar-refractivity contribution is -0.128. The first-order valence-electron chi connectivity index (χ1n) is 7.15. The summed E-state index contributed by atoms with van der Waals surface area (Å²) in [5.74, 6) is -0.0501. The Kier molecular flexibility index (Phi) is 7.65. The van der Waals surface area contributed by atoms with Gasteiger partial charge in [0.2, 0.25) is 11.8 Å². The summed E-state index contributed by atoms with van der Waals surface area (Å²) in [5, 5.41) is 14.0. The molecule has 2 N–H and O–H groups in total. The van der Waals surface area contributed by atoms with Gasteiger partial charge in [-0.2, -0.15) is 5.26 Å². The van der Waals surface area contributed by atoms with Gasteiger partial charge in [-0.3, -0.25) is 9.59 Å². The van der Waals surface area contributed by atoms with Crippen molar-refractivity contribution in [2.24, 2.45) is 5.92 Å². The lowest BCUT2D eigenvalue weighted by atomic mass is 10.1. The maximum atomic E-state index is 11.6. The number of nitrogens with zero attached hydrogens (tertiary/aromatic N) is 1. The van der Waals surface area contributed by atoms with Crippen LogP contribution in [0.3, 0.4) is 0 Å². The van der Waals surface area contributed by atoms with Crippen molar-refractivity contribution in [3.8, 4) is 6.07 Å². The first kappa shape index (κ1) is 17.7. The summed E-state index contributed by atoms with van der Waals surface area (Å²) in [6, 6.07) is 8.48. The zero-order valence-corrected chi connectivity index (χ0v) is 12.9. The van der Waals surface area contributed by atoms with Gasteiger partial charge in [0.25, 0.3) is 0 Å². The van der Waals surface area contributed by atoms with Crippen molar-refractivity contribution in [1.29, 1.82) is 5.26 Å². The van der Waals surface area contributed by atoms with E-state index in [9.17, 15) is 9.59 Å². The Morgan fingerprint density at radius 1 is 1.18 bits per heavy atom. The number of carbonyl (C=O) groups excluding carboxylic acids is 2. The molecule has 0 aromatic heterocycles. The molecule has 0 bridgehead atoms. The van der Waals surface area contributed by atoms with Crippen molar-refractivity contribution in [1.82, 2.24) is 5.32 Å². The van der Waals surface area contributed by atoms with Crippen LogP contribution >= 0.6 is 0 Å². The molecule has 0 unspecified atom stereocenters. The average Bonchev–Trinajstić information content (AvgIpc) is 2.47. The Bertz CT molecular complexity index is 533. The van der Waals surface area contributed by atoms with Gasteiger partial charge in [-0.15, -0.1) is 0 Å². The lowest BCUT2D eigenvalue weighted by Crippen LogP contribution is -2.30. The SMILES string of the molecule is CC(C)CCNC(=O)COCC(=O)Nc1ccc(C#N)cc1. The summed E-state index contributed by atoms with van der Waals surface area (Å²) < 4.78 is 5.06. The van der Waals surface area contributed by atoms with Crippen molar-refractivity contribution >= 4 is 17.5 Å². The van der Waals surface area contributed by atoms with Crippen LogP contribution in [0.15, 0.2) is 24.3 Å². The molecule has 2 amide bonds. The van der Waals surface area contributed by atoms with E-state index in [2.05, 4.69) is 24.5 Å². The average molecular weight is 303 g/mol. The molecule has 0 heterocycles. The summed E-state index contributed by atoms with van der Waals surface area (Å²) >= 11 is 0. The molecule has 0 aliphatic rings. The van der Waals surface area contributed by atoms with Gasteiger partial charge in [-0.25, -0.2) is 0 Å². The summed E-state index contributed by atoms with van der Waals surface area (Å²) in [6.45, 7) is 4.43. The summed E-state index contributed by atoms with van der Waals surface area (Å²) in [6.07, 6.45) is 0.908. The van der Waals surface area contributed by atoms with E-state index in [1.807, 2.05) is 6.07 Å². The minimum Gasteiger partial charge on any atom is -0.362 e. The van der Waals surface area contributed by atoms with E-state index in [0.717, 1.165) is 6.42 Å². The van der Waals surface area contributed by atoms with E-state index < -0.39 is 0 Å². The molecule has 6 nitrogen and oxygen atoms in total. The van der Waals surface area contributed by atoms with Crippen molar-refractivity contribution in [3.63, 3.8) is 0 Å². The Labute approximate surface area is 130 Å². The van der Waals surface area contributed by atoms with Crippen LogP contribution < -0.4 is 10.6 Å². The van der Waals surface area contributed by atoms with Crippen molar-refractivity contribution in [2.45, 2.75) is 20.3 Å². The van der Waals surface area contributed by atoms with E-state index in [4.69, 9.17) is 10.00 Å². The number of nitriles is 1. The fourth-order valence-corrected chi connectivity index (χ4v) is 1.61. The quantitative estimate of drug-likeness (QED) is 0.764.